The second-order valence-corrected chi connectivity index (χ2v) is 3.33. The number of benzene rings is 1. The number of nitrogens with two attached hydrogens (primary N) is 1. The molecule has 1 rings (SSSR count). The van der Waals surface area contributed by atoms with Crippen LogP contribution < -0.4 is 15.2 Å². The molecule has 0 aliphatic rings. The van der Waals surface area contributed by atoms with Crippen molar-refractivity contribution in [3.05, 3.63) is 29.8 Å². The smallest absolute Gasteiger partial charge is 0.328 e. The molecule has 18 heavy (non-hydrogen) atoms. The molecule has 0 atom stereocenters. The topological polar surface area (TPSA) is 98.9 Å². The summed E-state index contributed by atoms with van der Waals surface area (Å²) in [6.45, 7) is -0.278. The SMILES string of the molecule is COc1ccc(OCC(N)=O)c(/C=C/C(=O)O)c1. The van der Waals surface area contributed by atoms with Crippen LogP contribution in [0.4, 0.5) is 0 Å². The third kappa shape index (κ3) is 4.17. The molecule has 3 N–H and O–H groups in total. The van der Waals surface area contributed by atoms with E-state index in [1.54, 1.807) is 18.2 Å². The summed E-state index contributed by atoms with van der Waals surface area (Å²) in [5, 5.41) is 8.58. The Morgan fingerprint density at radius 2 is 2.17 bits per heavy atom. The third-order valence-corrected chi connectivity index (χ3v) is 1.99. The summed E-state index contributed by atoms with van der Waals surface area (Å²) in [6, 6.07) is 4.80. The molecular weight excluding hydrogens is 238 g/mol. The number of amides is 1. The Morgan fingerprint density at radius 3 is 2.72 bits per heavy atom. The lowest BCUT2D eigenvalue weighted by atomic mass is 10.1. The summed E-state index contributed by atoms with van der Waals surface area (Å²) in [4.78, 5) is 21.1. The van der Waals surface area contributed by atoms with E-state index in [4.69, 9.17) is 20.3 Å². The molecule has 0 bridgehead atoms. The average Bonchev–Trinajstić information content (AvgIpc) is 2.34. The van der Waals surface area contributed by atoms with Crippen molar-refractivity contribution in [2.45, 2.75) is 0 Å². The van der Waals surface area contributed by atoms with E-state index < -0.39 is 11.9 Å². The molecule has 0 heterocycles. The number of hydrogen-bond donors (Lipinski definition) is 2. The van der Waals surface area contributed by atoms with E-state index in [0.717, 1.165) is 6.08 Å². The highest BCUT2D eigenvalue weighted by molar-refractivity contribution is 5.86. The minimum Gasteiger partial charge on any atom is -0.497 e. The summed E-state index contributed by atoms with van der Waals surface area (Å²) in [6.07, 6.45) is 2.31. The van der Waals surface area contributed by atoms with Crippen LogP contribution in [0.1, 0.15) is 5.56 Å². The van der Waals surface area contributed by atoms with E-state index in [1.807, 2.05) is 0 Å². The maximum atomic E-state index is 10.6. The standard InChI is InChI=1S/C12H13NO5/c1-17-9-3-4-10(18-7-11(13)14)8(6-9)2-5-12(15)16/h2-6H,7H2,1H3,(H2,13,14)(H,15,16)/b5-2+. The lowest BCUT2D eigenvalue weighted by molar-refractivity contribution is -0.131. The Kier molecular flexibility index (Phi) is 4.74. The molecule has 0 aliphatic heterocycles. The molecule has 1 aromatic carbocycles. The zero-order chi connectivity index (χ0) is 13.5. The van der Waals surface area contributed by atoms with Gasteiger partial charge >= 0.3 is 5.97 Å². The number of hydrogen-bond acceptors (Lipinski definition) is 4. The first-order valence-electron chi connectivity index (χ1n) is 5.03. The van der Waals surface area contributed by atoms with Gasteiger partial charge in [-0.15, -0.1) is 0 Å². The van der Waals surface area contributed by atoms with Gasteiger partial charge in [0.1, 0.15) is 11.5 Å². The number of rotatable bonds is 6. The predicted molar refractivity (Wildman–Crippen MR) is 64.4 cm³/mol. The Bertz CT molecular complexity index is 481. The first kappa shape index (κ1) is 13.6. The number of methoxy groups -OCH3 is 1. The summed E-state index contributed by atoms with van der Waals surface area (Å²) in [5.41, 5.74) is 5.45. The molecule has 96 valence electrons. The fraction of sp³-hybridized carbons (Fsp3) is 0.167. The molecule has 0 unspecified atom stereocenters. The van der Waals surface area contributed by atoms with Gasteiger partial charge in [0.2, 0.25) is 0 Å². The quantitative estimate of drug-likeness (QED) is 0.723. The maximum Gasteiger partial charge on any atom is 0.328 e. The van der Waals surface area contributed by atoms with E-state index in [-0.39, 0.29) is 6.61 Å². The van der Waals surface area contributed by atoms with E-state index in [9.17, 15) is 9.59 Å². The molecule has 1 aromatic rings. The summed E-state index contributed by atoms with van der Waals surface area (Å²) >= 11 is 0. The number of carboxylic acids is 1. The highest BCUT2D eigenvalue weighted by atomic mass is 16.5. The van der Waals surface area contributed by atoms with Crippen molar-refractivity contribution in [2.75, 3.05) is 13.7 Å². The average molecular weight is 251 g/mol. The van der Waals surface area contributed by atoms with Crippen molar-refractivity contribution in [1.29, 1.82) is 0 Å². The molecule has 6 nitrogen and oxygen atoms in total. The Labute approximate surface area is 104 Å². The zero-order valence-electron chi connectivity index (χ0n) is 9.75. The van der Waals surface area contributed by atoms with Crippen LogP contribution in [0.2, 0.25) is 0 Å². The van der Waals surface area contributed by atoms with Crippen LogP contribution in [0.25, 0.3) is 6.08 Å². The van der Waals surface area contributed by atoms with Gasteiger partial charge in [-0.2, -0.15) is 0 Å². The number of carbonyl (C=O) groups excluding carboxylic acids is 1. The van der Waals surface area contributed by atoms with E-state index in [0.29, 0.717) is 17.1 Å². The highest BCUT2D eigenvalue weighted by Crippen LogP contribution is 2.25. The van der Waals surface area contributed by atoms with Crippen LogP contribution in [-0.2, 0) is 9.59 Å². The van der Waals surface area contributed by atoms with E-state index in [1.165, 1.54) is 13.2 Å². The molecule has 0 aromatic heterocycles. The predicted octanol–water partition coefficient (Wildman–Crippen LogP) is 0.657. The number of aliphatic carboxylic acids is 1. The van der Waals surface area contributed by atoms with Crippen molar-refractivity contribution < 1.29 is 24.2 Å². The molecule has 0 fully saturated rings. The fourth-order valence-corrected chi connectivity index (χ4v) is 1.23. The highest BCUT2D eigenvalue weighted by Gasteiger charge is 2.05. The van der Waals surface area contributed by atoms with Gasteiger partial charge in [0, 0.05) is 11.6 Å². The van der Waals surface area contributed by atoms with Gasteiger partial charge in [-0.05, 0) is 24.3 Å². The van der Waals surface area contributed by atoms with Gasteiger partial charge < -0.3 is 20.3 Å². The van der Waals surface area contributed by atoms with E-state index in [2.05, 4.69) is 0 Å². The van der Waals surface area contributed by atoms with Crippen LogP contribution in [0, 0.1) is 0 Å². The molecular formula is C12H13NO5. The maximum absolute atomic E-state index is 10.6. The molecule has 0 radical (unpaired) electrons. The summed E-state index contributed by atoms with van der Waals surface area (Å²) < 4.78 is 10.2. The van der Waals surface area contributed by atoms with Crippen molar-refractivity contribution in [1.82, 2.24) is 0 Å². The number of carbonyl (C=O) groups is 2. The monoisotopic (exact) mass is 251 g/mol. The van der Waals surface area contributed by atoms with Gasteiger partial charge in [-0.3, -0.25) is 4.79 Å². The molecule has 0 saturated heterocycles. The van der Waals surface area contributed by atoms with Crippen LogP contribution >= 0.6 is 0 Å². The zero-order valence-corrected chi connectivity index (χ0v) is 9.75. The van der Waals surface area contributed by atoms with Crippen molar-refractivity contribution >= 4 is 18.0 Å². The minimum absolute atomic E-state index is 0.278. The molecule has 0 saturated carbocycles. The van der Waals surface area contributed by atoms with Crippen molar-refractivity contribution in [3.63, 3.8) is 0 Å². The van der Waals surface area contributed by atoms with Gasteiger partial charge in [-0.1, -0.05) is 0 Å². The Hall–Kier alpha value is -2.50. The lowest BCUT2D eigenvalue weighted by Gasteiger charge is -2.09. The minimum atomic E-state index is -1.08. The molecule has 0 spiro atoms. The number of ether oxygens (including phenoxy) is 2. The summed E-state index contributed by atoms with van der Waals surface area (Å²) in [5.74, 6) is -0.795. The van der Waals surface area contributed by atoms with E-state index >= 15 is 0 Å². The third-order valence-electron chi connectivity index (χ3n) is 1.99. The van der Waals surface area contributed by atoms with Crippen LogP contribution in [0.3, 0.4) is 0 Å². The van der Waals surface area contributed by atoms with Crippen LogP contribution in [0.15, 0.2) is 24.3 Å². The second-order valence-electron chi connectivity index (χ2n) is 3.33. The Balaban J connectivity index is 2.99. The van der Waals surface area contributed by atoms with Gasteiger partial charge in [0.05, 0.1) is 7.11 Å². The Morgan fingerprint density at radius 1 is 1.44 bits per heavy atom. The first-order valence-corrected chi connectivity index (χ1v) is 5.03. The molecule has 1 amide bonds. The second kappa shape index (κ2) is 6.29. The van der Waals surface area contributed by atoms with Crippen LogP contribution in [-0.4, -0.2) is 30.7 Å². The summed E-state index contributed by atoms with van der Waals surface area (Å²) in [7, 11) is 1.49. The largest absolute Gasteiger partial charge is 0.497 e. The van der Waals surface area contributed by atoms with Crippen LogP contribution in [0.5, 0.6) is 11.5 Å². The van der Waals surface area contributed by atoms with Crippen molar-refractivity contribution in [3.8, 4) is 11.5 Å². The lowest BCUT2D eigenvalue weighted by Crippen LogP contribution is -2.20. The van der Waals surface area contributed by atoms with Gasteiger partial charge in [-0.25, -0.2) is 4.79 Å². The van der Waals surface area contributed by atoms with Gasteiger partial charge in [0.25, 0.3) is 5.91 Å². The number of primary amides is 1. The fourth-order valence-electron chi connectivity index (χ4n) is 1.23. The molecule has 0 aliphatic carbocycles. The van der Waals surface area contributed by atoms with Crippen molar-refractivity contribution in [2.24, 2.45) is 5.73 Å². The first-order chi connectivity index (χ1) is 8.52. The number of carboxylic acid groups (broad SMARTS) is 1. The van der Waals surface area contributed by atoms with Gasteiger partial charge in [0.15, 0.2) is 6.61 Å². The molecule has 6 heteroatoms. The normalized spacial score (nSPS) is 10.3.